The van der Waals surface area contributed by atoms with Crippen molar-refractivity contribution in [1.29, 1.82) is 0 Å². The average molecular weight is 441 g/mol. The van der Waals surface area contributed by atoms with E-state index in [0.29, 0.717) is 29.7 Å². The van der Waals surface area contributed by atoms with E-state index in [1.165, 1.54) is 11.3 Å². The molecule has 0 aliphatic rings. The van der Waals surface area contributed by atoms with Gasteiger partial charge in [0.2, 0.25) is 0 Å². The number of esters is 1. The number of guanidine groups is 1. The minimum atomic E-state index is -0.327. The van der Waals surface area contributed by atoms with Gasteiger partial charge >= 0.3 is 5.97 Å². The predicted molar refractivity (Wildman–Crippen MR) is 123 cm³/mol. The summed E-state index contributed by atoms with van der Waals surface area (Å²) in [5.41, 5.74) is 2.74. The van der Waals surface area contributed by atoms with Crippen molar-refractivity contribution >= 4 is 23.3 Å². The second-order valence-corrected chi connectivity index (χ2v) is 7.86. The molecule has 0 fully saturated rings. The summed E-state index contributed by atoms with van der Waals surface area (Å²) in [6.45, 7) is 9.20. The molecular weight excluding hydrogens is 412 g/mol. The molecule has 0 saturated carbocycles. The highest BCUT2D eigenvalue weighted by Gasteiger charge is 2.20. The van der Waals surface area contributed by atoms with Gasteiger partial charge in [-0.2, -0.15) is 5.10 Å². The van der Waals surface area contributed by atoms with Gasteiger partial charge in [0, 0.05) is 18.9 Å². The van der Waals surface area contributed by atoms with Gasteiger partial charge in [-0.25, -0.2) is 19.5 Å². The van der Waals surface area contributed by atoms with Gasteiger partial charge in [-0.1, -0.05) is 18.2 Å². The fourth-order valence-electron chi connectivity index (χ4n) is 3.02. The Balaban J connectivity index is 1.75. The molecule has 1 atom stereocenters. The van der Waals surface area contributed by atoms with Crippen LogP contribution in [0.4, 0.5) is 0 Å². The molecule has 0 aliphatic carbocycles. The lowest BCUT2D eigenvalue weighted by Crippen LogP contribution is -2.38. The van der Waals surface area contributed by atoms with Crippen LogP contribution < -0.4 is 10.6 Å². The van der Waals surface area contributed by atoms with E-state index < -0.39 is 0 Å². The zero-order valence-electron chi connectivity index (χ0n) is 18.3. The molecule has 0 saturated heterocycles. The molecule has 0 radical (unpaired) electrons. The normalized spacial score (nSPS) is 12.5. The van der Waals surface area contributed by atoms with Crippen molar-refractivity contribution < 1.29 is 9.53 Å². The number of carbonyl (C=O) groups excluding carboxylic acids is 1. The molecule has 2 N–H and O–H groups in total. The summed E-state index contributed by atoms with van der Waals surface area (Å²) in [4.78, 5) is 21.9. The lowest BCUT2D eigenvalue weighted by atomic mass is 10.2. The molecule has 3 aromatic rings. The molecule has 0 amide bonds. The van der Waals surface area contributed by atoms with E-state index >= 15 is 0 Å². The van der Waals surface area contributed by atoms with E-state index in [1.54, 1.807) is 13.1 Å². The first-order chi connectivity index (χ1) is 15.0. The van der Waals surface area contributed by atoms with Crippen LogP contribution in [0.25, 0.3) is 5.69 Å². The summed E-state index contributed by atoms with van der Waals surface area (Å²) in [6, 6.07) is 9.83. The number of hydrogen-bond donors (Lipinski definition) is 2. The zero-order valence-corrected chi connectivity index (χ0v) is 19.1. The smallest absolute Gasteiger partial charge is 0.350 e. The van der Waals surface area contributed by atoms with E-state index in [-0.39, 0.29) is 12.0 Å². The third-order valence-electron chi connectivity index (χ3n) is 4.49. The maximum absolute atomic E-state index is 12.1. The van der Waals surface area contributed by atoms with Crippen LogP contribution in [0.5, 0.6) is 0 Å². The van der Waals surface area contributed by atoms with Crippen LogP contribution >= 0.6 is 11.3 Å². The lowest BCUT2D eigenvalue weighted by molar-refractivity contribution is 0.0531. The van der Waals surface area contributed by atoms with Crippen molar-refractivity contribution in [2.75, 3.05) is 13.2 Å². The van der Waals surface area contributed by atoms with Gasteiger partial charge in [-0.15, -0.1) is 11.3 Å². The molecule has 164 valence electrons. The van der Waals surface area contributed by atoms with E-state index in [1.807, 2.05) is 62.0 Å². The maximum Gasteiger partial charge on any atom is 0.350 e. The topological polar surface area (TPSA) is 93.4 Å². The molecular formula is C22H28N6O2S. The van der Waals surface area contributed by atoms with Gasteiger partial charge in [-0.05, 0) is 45.4 Å². The van der Waals surface area contributed by atoms with E-state index in [0.717, 1.165) is 22.8 Å². The van der Waals surface area contributed by atoms with Crippen LogP contribution in [0.2, 0.25) is 0 Å². The van der Waals surface area contributed by atoms with E-state index in [9.17, 15) is 4.79 Å². The fraction of sp³-hybridized carbons (Fsp3) is 0.364. The minimum absolute atomic E-state index is 0.119. The number of ether oxygens (including phenoxy) is 1. The highest BCUT2D eigenvalue weighted by molar-refractivity contribution is 7.13. The first-order valence-corrected chi connectivity index (χ1v) is 11.1. The Hall–Kier alpha value is -3.20. The molecule has 31 heavy (non-hydrogen) atoms. The summed E-state index contributed by atoms with van der Waals surface area (Å²) in [5.74, 6) is 0.350. The maximum atomic E-state index is 12.1. The monoisotopic (exact) mass is 440 g/mol. The highest BCUT2D eigenvalue weighted by atomic mass is 32.1. The Morgan fingerprint density at radius 2 is 2.10 bits per heavy atom. The van der Waals surface area contributed by atoms with Gasteiger partial charge in [0.05, 0.1) is 30.6 Å². The van der Waals surface area contributed by atoms with Crippen molar-refractivity contribution in [2.45, 2.75) is 40.3 Å². The fourth-order valence-corrected chi connectivity index (χ4v) is 3.98. The van der Waals surface area contributed by atoms with Gasteiger partial charge in [0.1, 0.15) is 9.88 Å². The Labute approximate surface area is 186 Å². The highest BCUT2D eigenvalue weighted by Crippen LogP contribution is 2.24. The standard InChI is InChI=1S/C22H28N6O2S/c1-5-23-22(24-14-17-10-7-8-11-18(17)28-13-9-12-25-28)27-16(4)20-26-15(3)19(31-20)21(29)30-6-2/h7-13,16H,5-6,14H2,1-4H3,(H2,23,24,27). The summed E-state index contributed by atoms with van der Waals surface area (Å²) in [7, 11) is 0. The molecule has 0 aliphatic heterocycles. The quantitative estimate of drug-likeness (QED) is 0.316. The van der Waals surface area contributed by atoms with Gasteiger partial charge in [0.25, 0.3) is 0 Å². The number of para-hydroxylation sites is 1. The van der Waals surface area contributed by atoms with Crippen LogP contribution in [0.1, 0.15) is 52.7 Å². The van der Waals surface area contributed by atoms with Crippen molar-refractivity contribution in [1.82, 2.24) is 25.4 Å². The average Bonchev–Trinajstić information content (AvgIpc) is 3.42. The van der Waals surface area contributed by atoms with E-state index in [2.05, 4.69) is 20.7 Å². The van der Waals surface area contributed by atoms with Crippen LogP contribution in [0.15, 0.2) is 47.7 Å². The number of rotatable bonds is 8. The van der Waals surface area contributed by atoms with Crippen LogP contribution in [-0.2, 0) is 11.3 Å². The number of aromatic nitrogens is 3. The summed E-state index contributed by atoms with van der Waals surface area (Å²) < 4.78 is 6.96. The molecule has 2 aromatic heterocycles. The van der Waals surface area contributed by atoms with Gasteiger partial charge < -0.3 is 15.4 Å². The zero-order chi connectivity index (χ0) is 22.2. The number of carbonyl (C=O) groups is 1. The third-order valence-corrected chi connectivity index (χ3v) is 5.81. The number of aliphatic imine (C=N–C) groups is 1. The third kappa shape index (κ3) is 5.69. The van der Waals surface area contributed by atoms with Gasteiger partial charge in [-0.3, -0.25) is 0 Å². The SMILES string of the molecule is CCNC(=NCc1ccccc1-n1cccn1)NC(C)c1nc(C)c(C(=O)OCC)s1. The van der Waals surface area contributed by atoms with Crippen molar-refractivity contribution in [3.63, 3.8) is 0 Å². The summed E-state index contributed by atoms with van der Waals surface area (Å²) in [5, 5.41) is 11.8. The van der Waals surface area contributed by atoms with Crippen molar-refractivity contribution in [3.05, 3.63) is 63.9 Å². The number of nitrogens with zero attached hydrogens (tertiary/aromatic N) is 4. The minimum Gasteiger partial charge on any atom is -0.462 e. The Kier molecular flexibility index (Phi) is 7.77. The van der Waals surface area contributed by atoms with Crippen LogP contribution in [0.3, 0.4) is 0 Å². The van der Waals surface area contributed by atoms with Gasteiger partial charge in [0.15, 0.2) is 5.96 Å². The predicted octanol–water partition coefficient (Wildman–Crippen LogP) is 3.63. The number of hydrogen-bond acceptors (Lipinski definition) is 6. The van der Waals surface area contributed by atoms with E-state index in [4.69, 9.17) is 9.73 Å². The number of thiazole rings is 1. The molecule has 8 nitrogen and oxygen atoms in total. The second kappa shape index (κ2) is 10.7. The number of nitrogens with one attached hydrogen (secondary N) is 2. The molecule has 0 spiro atoms. The Morgan fingerprint density at radius 1 is 1.29 bits per heavy atom. The first kappa shape index (κ1) is 22.5. The molecule has 9 heteroatoms. The van der Waals surface area contributed by atoms with Crippen LogP contribution in [0, 0.1) is 6.92 Å². The Bertz CT molecular complexity index is 1030. The summed E-state index contributed by atoms with van der Waals surface area (Å²) >= 11 is 1.35. The molecule has 0 bridgehead atoms. The molecule has 1 aromatic carbocycles. The largest absolute Gasteiger partial charge is 0.462 e. The van der Waals surface area contributed by atoms with Crippen molar-refractivity contribution in [3.8, 4) is 5.69 Å². The number of aryl methyl sites for hydroxylation is 1. The molecule has 2 heterocycles. The molecule has 3 rings (SSSR count). The lowest BCUT2D eigenvalue weighted by Gasteiger charge is -2.16. The van der Waals surface area contributed by atoms with Crippen molar-refractivity contribution in [2.24, 2.45) is 4.99 Å². The first-order valence-electron chi connectivity index (χ1n) is 10.3. The summed E-state index contributed by atoms with van der Waals surface area (Å²) in [6.07, 6.45) is 3.67. The molecule has 1 unspecified atom stereocenters. The Morgan fingerprint density at radius 3 is 2.81 bits per heavy atom. The second-order valence-electron chi connectivity index (χ2n) is 6.83. The number of benzene rings is 1. The van der Waals surface area contributed by atoms with Crippen LogP contribution in [-0.4, -0.2) is 39.8 Å².